The van der Waals surface area contributed by atoms with Crippen molar-refractivity contribution in [2.24, 2.45) is 7.05 Å². The van der Waals surface area contributed by atoms with Gasteiger partial charge in [0.2, 0.25) is 0 Å². The van der Waals surface area contributed by atoms with Crippen molar-refractivity contribution in [2.45, 2.75) is 19.0 Å². The van der Waals surface area contributed by atoms with Crippen LogP contribution in [0.2, 0.25) is 5.02 Å². The smallest absolute Gasteiger partial charge is 0.271 e. The lowest BCUT2D eigenvalue weighted by Crippen LogP contribution is -2.53. The number of anilines is 1. The number of aromatic nitrogens is 2. The van der Waals surface area contributed by atoms with Crippen LogP contribution in [-0.2, 0) is 7.05 Å². The molecule has 3 heterocycles. The standard InChI is InChI=1S/C28H24ClF2N5O/c1-17-16-35(27-24(29)28(37)34(2)23-12-11-22(15-32)33-25(23)27)13-14-36(17)26(18-3-7-20(30)8-4-18)19-5-9-21(31)10-6-19/h3-12,17,26H,13-14,16H2,1-2H3/t17-/m0/s1. The van der Waals surface area contributed by atoms with E-state index >= 15 is 0 Å². The lowest BCUT2D eigenvalue weighted by Gasteiger charge is -2.45. The lowest BCUT2D eigenvalue weighted by molar-refractivity contribution is 0.150. The zero-order chi connectivity index (χ0) is 26.3. The summed E-state index contributed by atoms with van der Waals surface area (Å²) < 4.78 is 28.9. The maximum Gasteiger partial charge on any atom is 0.271 e. The molecule has 4 aromatic rings. The minimum Gasteiger partial charge on any atom is -0.366 e. The molecule has 0 saturated carbocycles. The molecule has 1 atom stereocenters. The fourth-order valence-corrected chi connectivity index (χ4v) is 5.47. The van der Waals surface area contributed by atoms with E-state index in [0.717, 1.165) is 11.1 Å². The van der Waals surface area contributed by atoms with Crippen molar-refractivity contribution in [3.8, 4) is 6.07 Å². The maximum absolute atomic E-state index is 13.7. The van der Waals surface area contributed by atoms with Gasteiger partial charge in [-0.05, 0) is 54.4 Å². The molecule has 0 amide bonds. The van der Waals surface area contributed by atoms with Crippen LogP contribution in [-0.4, -0.2) is 40.1 Å². The van der Waals surface area contributed by atoms with E-state index in [4.69, 9.17) is 11.6 Å². The maximum atomic E-state index is 13.7. The highest BCUT2D eigenvalue weighted by Crippen LogP contribution is 2.36. The number of aryl methyl sites for hydroxylation is 1. The Morgan fingerprint density at radius 3 is 2.14 bits per heavy atom. The molecule has 2 aromatic carbocycles. The van der Waals surface area contributed by atoms with E-state index in [1.54, 1.807) is 43.4 Å². The first-order valence-electron chi connectivity index (χ1n) is 11.9. The Labute approximate surface area is 217 Å². The summed E-state index contributed by atoms with van der Waals surface area (Å²) in [6, 6.07) is 17.8. The highest BCUT2D eigenvalue weighted by Gasteiger charge is 2.33. The first kappa shape index (κ1) is 24.9. The van der Waals surface area contributed by atoms with Gasteiger partial charge in [0.25, 0.3) is 5.56 Å². The highest BCUT2D eigenvalue weighted by atomic mass is 35.5. The van der Waals surface area contributed by atoms with Crippen molar-refractivity contribution in [3.05, 3.63) is 104 Å². The van der Waals surface area contributed by atoms with E-state index in [2.05, 4.69) is 22.9 Å². The molecule has 0 radical (unpaired) electrons. The number of hydrogen-bond acceptors (Lipinski definition) is 5. The van der Waals surface area contributed by atoms with E-state index in [0.29, 0.717) is 36.4 Å². The summed E-state index contributed by atoms with van der Waals surface area (Å²) in [5.74, 6) is -0.646. The van der Waals surface area contributed by atoms with Gasteiger partial charge in [0, 0.05) is 32.7 Å². The number of fused-ring (bicyclic) bond motifs is 1. The largest absolute Gasteiger partial charge is 0.366 e. The fourth-order valence-electron chi connectivity index (χ4n) is 5.13. The van der Waals surface area contributed by atoms with Gasteiger partial charge in [-0.1, -0.05) is 35.9 Å². The molecule has 6 nitrogen and oxygen atoms in total. The second-order valence-electron chi connectivity index (χ2n) is 9.24. The van der Waals surface area contributed by atoms with Gasteiger partial charge in [-0.15, -0.1) is 0 Å². The summed E-state index contributed by atoms with van der Waals surface area (Å²) in [6.45, 7) is 3.71. The van der Waals surface area contributed by atoms with Crippen LogP contribution in [0.5, 0.6) is 0 Å². The molecule has 0 aliphatic carbocycles. The molecule has 1 aliphatic rings. The quantitative estimate of drug-likeness (QED) is 0.378. The average molecular weight is 520 g/mol. The summed E-state index contributed by atoms with van der Waals surface area (Å²) in [7, 11) is 1.63. The molecule has 1 saturated heterocycles. The second kappa shape index (κ2) is 9.92. The third kappa shape index (κ3) is 4.57. The van der Waals surface area contributed by atoms with Crippen LogP contribution < -0.4 is 10.5 Å². The molecule has 0 N–H and O–H groups in total. The Bertz CT molecular complexity index is 1520. The summed E-state index contributed by atoms with van der Waals surface area (Å²) in [5, 5.41) is 9.46. The molecular weight excluding hydrogens is 496 g/mol. The van der Waals surface area contributed by atoms with Crippen LogP contribution in [0.15, 0.2) is 65.5 Å². The summed E-state index contributed by atoms with van der Waals surface area (Å²) >= 11 is 6.59. The number of halogens is 3. The summed E-state index contributed by atoms with van der Waals surface area (Å²) in [5.41, 5.74) is 3.30. The van der Waals surface area contributed by atoms with Gasteiger partial charge in [-0.3, -0.25) is 9.69 Å². The first-order chi connectivity index (χ1) is 17.8. The Morgan fingerprint density at radius 1 is 1.00 bits per heavy atom. The summed E-state index contributed by atoms with van der Waals surface area (Å²) in [6.07, 6.45) is 0. The van der Waals surface area contributed by atoms with E-state index in [1.807, 2.05) is 4.90 Å². The van der Waals surface area contributed by atoms with Crippen LogP contribution in [0.1, 0.15) is 29.8 Å². The van der Waals surface area contributed by atoms with E-state index in [-0.39, 0.29) is 40.0 Å². The van der Waals surface area contributed by atoms with Gasteiger partial charge in [0.1, 0.15) is 33.9 Å². The van der Waals surface area contributed by atoms with E-state index < -0.39 is 0 Å². The Balaban J connectivity index is 1.54. The van der Waals surface area contributed by atoms with Gasteiger partial charge in [0.05, 0.1) is 17.2 Å². The fraction of sp³-hybridized carbons (Fsp3) is 0.250. The Morgan fingerprint density at radius 2 is 1.59 bits per heavy atom. The highest BCUT2D eigenvalue weighted by molar-refractivity contribution is 6.34. The number of piperazine rings is 1. The molecular formula is C28H24ClF2N5O. The lowest BCUT2D eigenvalue weighted by atomic mass is 9.94. The zero-order valence-corrected chi connectivity index (χ0v) is 21.1. The summed E-state index contributed by atoms with van der Waals surface area (Å²) in [4.78, 5) is 21.7. The minimum atomic E-state index is -0.332. The molecule has 1 aliphatic heterocycles. The van der Waals surface area contributed by atoms with E-state index in [1.165, 1.54) is 28.8 Å². The third-order valence-electron chi connectivity index (χ3n) is 6.97. The minimum absolute atomic E-state index is 0.0248. The number of benzene rings is 2. The van der Waals surface area contributed by atoms with Crippen molar-refractivity contribution in [2.75, 3.05) is 24.5 Å². The zero-order valence-electron chi connectivity index (χ0n) is 20.3. The van der Waals surface area contributed by atoms with Gasteiger partial charge < -0.3 is 9.47 Å². The van der Waals surface area contributed by atoms with Crippen LogP contribution in [0, 0.1) is 23.0 Å². The van der Waals surface area contributed by atoms with Crippen LogP contribution >= 0.6 is 11.6 Å². The van der Waals surface area contributed by atoms with Crippen molar-refractivity contribution < 1.29 is 8.78 Å². The van der Waals surface area contributed by atoms with Crippen LogP contribution in [0.4, 0.5) is 14.5 Å². The Hall–Kier alpha value is -3.80. The third-order valence-corrected chi connectivity index (χ3v) is 7.31. The van der Waals surface area contributed by atoms with Crippen LogP contribution in [0.25, 0.3) is 11.0 Å². The SMILES string of the molecule is C[C@H]1CN(c2c(Cl)c(=O)n(C)c3ccc(C#N)nc23)CCN1C(c1ccc(F)cc1)c1ccc(F)cc1. The molecule has 1 fully saturated rings. The van der Waals surface area contributed by atoms with Crippen molar-refractivity contribution in [1.29, 1.82) is 5.26 Å². The number of nitriles is 1. The number of nitrogens with zero attached hydrogens (tertiary/aromatic N) is 5. The first-order valence-corrected chi connectivity index (χ1v) is 12.3. The van der Waals surface area contributed by atoms with Gasteiger partial charge in [-0.25, -0.2) is 13.8 Å². The van der Waals surface area contributed by atoms with E-state index in [9.17, 15) is 18.8 Å². The van der Waals surface area contributed by atoms with Gasteiger partial charge in [-0.2, -0.15) is 5.26 Å². The average Bonchev–Trinajstić information content (AvgIpc) is 2.90. The Kier molecular flexibility index (Phi) is 6.67. The molecule has 2 aromatic heterocycles. The predicted molar refractivity (Wildman–Crippen MR) is 140 cm³/mol. The topological polar surface area (TPSA) is 65.2 Å². The molecule has 5 rings (SSSR count). The number of pyridine rings is 2. The molecule has 37 heavy (non-hydrogen) atoms. The normalized spacial score (nSPS) is 16.4. The van der Waals surface area contributed by atoms with Gasteiger partial charge >= 0.3 is 0 Å². The van der Waals surface area contributed by atoms with Crippen LogP contribution in [0.3, 0.4) is 0 Å². The predicted octanol–water partition coefficient (Wildman–Crippen LogP) is 5.04. The van der Waals surface area contributed by atoms with Gasteiger partial charge in [0.15, 0.2) is 0 Å². The second-order valence-corrected chi connectivity index (χ2v) is 9.62. The molecule has 0 unspecified atom stereocenters. The molecule has 188 valence electrons. The molecule has 0 bridgehead atoms. The molecule has 9 heteroatoms. The van der Waals surface area contributed by atoms with Crippen molar-refractivity contribution in [3.63, 3.8) is 0 Å². The monoisotopic (exact) mass is 519 g/mol. The number of hydrogen-bond donors (Lipinski definition) is 0. The van der Waals surface area contributed by atoms with Crippen molar-refractivity contribution in [1.82, 2.24) is 14.5 Å². The van der Waals surface area contributed by atoms with Crippen molar-refractivity contribution >= 4 is 28.3 Å². The number of rotatable bonds is 4. The molecule has 0 spiro atoms.